The lowest BCUT2D eigenvalue weighted by molar-refractivity contribution is -0.126. The number of thiophene rings is 1. The number of hydrogen-bond donors (Lipinski definition) is 1. The van der Waals surface area contributed by atoms with Crippen LogP contribution in [0.4, 0.5) is 4.79 Å². The molecule has 7 nitrogen and oxygen atoms in total. The average molecular weight is 437 g/mol. The number of Topliss-reactive ketones (excluding diaryl/α,β-unsaturated/α-hetero) is 2. The molecule has 0 aliphatic carbocycles. The third kappa shape index (κ3) is 8.26. The number of carbonyl (C=O) groups is 4. The lowest BCUT2D eigenvalue weighted by Crippen LogP contribution is -2.47. The first-order valence-electron chi connectivity index (χ1n) is 10.4. The molecule has 0 spiro atoms. The summed E-state index contributed by atoms with van der Waals surface area (Å²) in [4.78, 5) is 51.7. The van der Waals surface area contributed by atoms with E-state index in [-0.39, 0.29) is 55.3 Å². The lowest BCUT2D eigenvalue weighted by atomic mass is 10.0. The van der Waals surface area contributed by atoms with Gasteiger partial charge in [0.25, 0.3) is 0 Å². The molecule has 0 radical (unpaired) electrons. The summed E-state index contributed by atoms with van der Waals surface area (Å²) in [5, 5.41) is 2.94. The summed E-state index contributed by atoms with van der Waals surface area (Å²) in [6, 6.07) is 3.67. The van der Waals surface area contributed by atoms with Gasteiger partial charge in [0.2, 0.25) is 5.91 Å². The van der Waals surface area contributed by atoms with Gasteiger partial charge in [0, 0.05) is 49.7 Å². The zero-order valence-corrected chi connectivity index (χ0v) is 19.1. The summed E-state index contributed by atoms with van der Waals surface area (Å²) in [7, 11) is 0. The van der Waals surface area contributed by atoms with E-state index in [1.54, 1.807) is 11.0 Å². The minimum atomic E-state index is -0.526. The number of nitrogens with zero attached hydrogens (tertiary/aromatic N) is 1. The Kier molecular flexibility index (Phi) is 8.58. The van der Waals surface area contributed by atoms with Crippen molar-refractivity contribution < 1.29 is 23.9 Å². The molecule has 1 aromatic heterocycles. The maximum atomic E-state index is 12.1. The number of aryl methyl sites for hydroxylation is 1. The Hall–Kier alpha value is -2.22. The molecule has 1 fully saturated rings. The van der Waals surface area contributed by atoms with Gasteiger partial charge in [-0.3, -0.25) is 14.4 Å². The molecular weight excluding hydrogens is 404 g/mol. The molecule has 166 valence electrons. The van der Waals surface area contributed by atoms with E-state index >= 15 is 0 Å². The smallest absolute Gasteiger partial charge is 0.410 e. The summed E-state index contributed by atoms with van der Waals surface area (Å²) in [5.41, 5.74) is -0.526. The zero-order chi connectivity index (χ0) is 22.3. The molecule has 1 aliphatic rings. The van der Waals surface area contributed by atoms with Crippen LogP contribution in [0.3, 0.4) is 0 Å². The fraction of sp³-hybridized carbons (Fsp3) is 0.636. The van der Waals surface area contributed by atoms with E-state index in [0.717, 1.165) is 4.88 Å². The van der Waals surface area contributed by atoms with E-state index in [0.29, 0.717) is 30.8 Å². The van der Waals surface area contributed by atoms with Crippen LogP contribution in [0.1, 0.15) is 73.8 Å². The van der Waals surface area contributed by atoms with E-state index in [2.05, 4.69) is 5.32 Å². The Bertz CT molecular complexity index is 773. The average Bonchev–Trinajstić information content (AvgIpc) is 3.10. The minimum absolute atomic E-state index is 0.00469. The largest absolute Gasteiger partial charge is 0.444 e. The molecule has 2 amide bonds. The molecule has 2 rings (SSSR count). The first-order valence-corrected chi connectivity index (χ1v) is 11.2. The summed E-state index contributed by atoms with van der Waals surface area (Å²) in [5.74, 6) is -0.270. The van der Waals surface area contributed by atoms with Crippen LogP contribution >= 0.6 is 11.3 Å². The van der Waals surface area contributed by atoms with Crippen molar-refractivity contribution in [2.24, 2.45) is 0 Å². The Morgan fingerprint density at radius 1 is 1.07 bits per heavy atom. The van der Waals surface area contributed by atoms with Gasteiger partial charge in [-0.1, -0.05) is 0 Å². The van der Waals surface area contributed by atoms with Crippen LogP contribution in [-0.4, -0.2) is 53.2 Å². The third-order valence-electron chi connectivity index (χ3n) is 4.79. The molecule has 1 N–H and O–H groups in total. The Balaban J connectivity index is 1.62. The molecule has 1 aliphatic heterocycles. The second-order valence-corrected chi connectivity index (χ2v) is 9.97. The van der Waals surface area contributed by atoms with Crippen molar-refractivity contribution in [1.82, 2.24) is 10.2 Å². The molecule has 0 aromatic carbocycles. The van der Waals surface area contributed by atoms with E-state index in [9.17, 15) is 19.2 Å². The van der Waals surface area contributed by atoms with Gasteiger partial charge in [-0.2, -0.15) is 0 Å². The Morgan fingerprint density at radius 3 is 2.27 bits per heavy atom. The van der Waals surface area contributed by atoms with Crippen LogP contribution in [0.15, 0.2) is 12.1 Å². The van der Waals surface area contributed by atoms with Gasteiger partial charge in [-0.15, -0.1) is 11.3 Å². The minimum Gasteiger partial charge on any atom is -0.444 e. The highest BCUT2D eigenvalue weighted by atomic mass is 32.1. The molecule has 1 saturated heterocycles. The fourth-order valence-corrected chi connectivity index (χ4v) is 4.01. The molecule has 8 heteroatoms. The molecule has 2 heterocycles. The number of ether oxygens (including phenoxy) is 1. The third-order valence-corrected chi connectivity index (χ3v) is 5.83. The number of amides is 2. The number of ketones is 2. The Labute approximate surface area is 182 Å². The normalized spacial score (nSPS) is 15.0. The molecule has 0 bridgehead atoms. The van der Waals surface area contributed by atoms with Crippen LogP contribution in [-0.2, 0) is 14.3 Å². The lowest BCUT2D eigenvalue weighted by Gasteiger charge is -2.33. The summed E-state index contributed by atoms with van der Waals surface area (Å²) in [6.45, 7) is 8.49. The first kappa shape index (κ1) is 24.1. The van der Waals surface area contributed by atoms with Crippen molar-refractivity contribution in [3.8, 4) is 0 Å². The van der Waals surface area contributed by atoms with Gasteiger partial charge < -0.3 is 15.0 Å². The second-order valence-electron chi connectivity index (χ2n) is 8.68. The first-order chi connectivity index (χ1) is 14.0. The monoisotopic (exact) mass is 436 g/mol. The highest BCUT2D eigenvalue weighted by molar-refractivity contribution is 7.14. The van der Waals surface area contributed by atoms with E-state index in [4.69, 9.17) is 4.74 Å². The number of piperidine rings is 1. The topological polar surface area (TPSA) is 92.8 Å². The quantitative estimate of drug-likeness (QED) is 0.624. The fourth-order valence-electron chi connectivity index (χ4n) is 3.17. The van der Waals surface area contributed by atoms with Crippen molar-refractivity contribution in [2.45, 2.75) is 77.9 Å². The van der Waals surface area contributed by atoms with Crippen LogP contribution in [0.5, 0.6) is 0 Å². The van der Waals surface area contributed by atoms with Crippen molar-refractivity contribution in [1.29, 1.82) is 0 Å². The van der Waals surface area contributed by atoms with Crippen molar-refractivity contribution >= 4 is 34.9 Å². The van der Waals surface area contributed by atoms with E-state index < -0.39 is 5.60 Å². The van der Waals surface area contributed by atoms with Crippen molar-refractivity contribution in [3.63, 3.8) is 0 Å². The van der Waals surface area contributed by atoms with Crippen LogP contribution in [0, 0.1) is 6.92 Å². The Morgan fingerprint density at radius 2 is 1.70 bits per heavy atom. The number of carbonyl (C=O) groups excluding carboxylic acids is 4. The summed E-state index contributed by atoms with van der Waals surface area (Å²) in [6.07, 6.45) is 1.60. The SMILES string of the molecule is Cc1ccc(C(=O)CCC(=O)CCC(=O)NC2CCN(C(=O)OC(C)(C)C)CC2)s1. The maximum absolute atomic E-state index is 12.1. The molecule has 0 unspecified atom stereocenters. The number of hydrogen-bond acceptors (Lipinski definition) is 6. The van der Waals surface area contributed by atoms with Crippen LogP contribution < -0.4 is 5.32 Å². The molecule has 0 atom stereocenters. The molecule has 30 heavy (non-hydrogen) atoms. The van der Waals surface area contributed by atoms with Gasteiger partial charge in [-0.05, 0) is 52.7 Å². The molecule has 0 saturated carbocycles. The van der Waals surface area contributed by atoms with E-state index in [1.807, 2.05) is 33.8 Å². The molecule has 1 aromatic rings. The highest BCUT2D eigenvalue weighted by Gasteiger charge is 2.27. The summed E-state index contributed by atoms with van der Waals surface area (Å²) < 4.78 is 5.37. The maximum Gasteiger partial charge on any atom is 0.410 e. The van der Waals surface area contributed by atoms with Gasteiger partial charge in [-0.25, -0.2) is 4.79 Å². The highest BCUT2D eigenvalue weighted by Crippen LogP contribution is 2.18. The van der Waals surface area contributed by atoms with Crippen LogP contribution in [0.2, 0.25) is 0 Å². The van der Waals surface area contributed by atoms with Crippen molar-refractivity contribution in [2.75, 3.05) is 13.1 Å². The standard InChI is InChI=1S/C22H32N2O5S/c1-15-5-9-19(30-15)18(26)8-6-17(25)7-10-20(27)23-16-11-13-24(14-12-16)21(28)29-22(2,3)4/h5,9,16H,6-8,10-14H2,1-4H3,(H,23,27). The van der Waals surface area contributed by atoms with Gasteiger partial charge >= 0.3 is 6.09 Å². The predicted octanol–water partition coefficient (Wildman–Crippen LogP) is 3.88. The zero-order valence-electron chi connectivity index (χ0n) is 18.3. The number of likely N-dealkylation sites (tertiary alicyclic amines) is 1. The van der Waals surface area contributed by atoms with Crippen LogP contribution in [0.25, 0.3) is 0 Å². The number of nitrogens with one attached hydrogen (secondary N) is 1. The predicted molar refractivity (Wildman–Crippen MR) is 116 cm³/mol. The van der Waals surface area contributed by atoms with Crippen molar-refractivity contribution in [3.05, 3.63) is 21.9 Å². The van der Waals surface area contributed by atoms with Gasteiger partial charge in [0.1, 0.15) is 11.4 Å². The molecular formula is C22H32N2O5S. The van der Waals surface area contributed by atoms with Gasteiger partial charge in [0.05, 0.1) is 4.88 Å². The van der Waals surface area contributed by atoms with E-state index in [1.165, 1.54) is 11.3 Å². The second kappa shape index (κ2) is 10.7. The van der Waals surface area contributed by atoms with Gasteiger partial charge in [0.15, 0.2) is 5.78 Å². The number of rotatable bonds is 8. The summed E-state index contributed by atoms with van der Waals surface area (Å²) >= 11 is 1.43.